The van der Waals surface area contributed by atoms with Crippen molar-refractivity contribution in [3.8, 4) is 6.07 Å². The molecule has 2 N–H and O–H groups in total. The Kier molecular flexibility index (Phi) is 4.09. The Morgan fingerprint density at radius 2 is 2.27 bits per heavy atom. The van der Waals surface area contributed by atoms with E-state index in [2.05, 4.69) is 11.4 Å². The first-order valence-corrected chi connectivity index (χ1v) is 3.86. The summed E-state index contributed by atoms with van der Waals surface area (Å²) < 4.78 is 0. The van der Waals surface area contributed by atoms with Gasteiger partial charge in [0.2, 0.25) is 0 Å². The smallest absolute Gasteiger partial charge is 0.0929 e. The quantitative estimate of drug-likeness (QED) is 0.628. The number of rotatable bonds is 4. The zero-order valence-electron chi connectivity index (χ0n) is 7.39. The minimum atomic E-state index is -0.310. The van der Waals surface area contributed by atoms with Crippen molar-refractivity contribution in [1.82, 2.24) is 5.32 Å². The van der Waals surface area contributed by atoms with E-state index in [0.29, 0.717) is 0 Å². The summed E-state index contributed by atoms with van der Waals surface area (Å²) in [5.41, 5.74) is -0.310. The molecule has 0 aliphatic carbocycles. The van der Waals surface area contributed by atoms with E-state index in [-0.39, 0.29) is 18.2 Å². The molecule has 0 aliphatic rings. The number of nitrogens with zero attached hydrogens (tertiary/aromatic N) is 1. The van der Waals surface area contributed by atoms with E-state index in [9.17, 15) is 0 Å². The first-order chi connectivity index (χ1) is 5.08. The van der Waals surface area contributed by atoms with Crippen LogP contribution in [0.2, 0.25) is 0 Å². The van der Waals surface area contributed by atoms with Crippen molar-refractivity contribution in [2.75, 3.05) is 6.61 Å². The lowest BCUT2D eigenvalue weighted by molar-refractivity contribution is 0.166. The minimum absolute atomic E-state index is 0.0650. The van der Waals surface area contributed by atoms with Crippen LogP contribution in [0.15, 0.2) is 0 Å². The van der Waals surface area contributed by atoms with Gasteiger partial charge in [0.15, 0.2) is 0 Å². The van der Waals surface area contributed by atoms with Gasteiger partial charge in [0.05, 0.1) is 18.7 Å². The predicted octanol–water partition coefficient (Wildman–Crippen LogP) is 0.649. The van der Waals surface area contributed by atoms with E-state index in [1.165, 1.54) is 0 Å². The van der Waals surface area contributed by atoms with E-state index >= 15 is 0 Å². The Morgan fingerprint density at radius 3 is 2.55 bits per heavy atom. The van der Waals surface area contributed by atoms with Crippen molar-refractivity contribution in [2.45, 2.75) is 38.8 Å². The van der Waals surface area contributed by atoms with Crippen molar-refractivity contribution in [3.05, 3.63) is 0 Å². The summed E-state index contributed by atoms with van der Waals surface area (Å²) in [5, 5.41) is 20.5. The molecule has 11 heavy (non-hydrogen) atoms. The molecule has 2 unspecified atom stereocenters. The van der Waals surface area contributed by atoms with Crippen LogP contribution in [0.4, 0.5) is 0 Å². The number of nitrogens with one attached hydrogen (secondary N) is 1. The van der Waals surface area contributed by atoms with Crippen LogP contribution in [0.5, 0.6) is 0 Å². The van der Waals surface area contributed by atoms with Crippen LogP contribution in [0, 0.1) is 11.3 Å². The van der Waals surface area contributed by atoms with Crippen molar-refractivity contribution in [1.29, 1.82) is 5.26 Å². The zero-order chi connectivity index (χ0) is 8.91. The molecule has 64 valence electrons. The van der Waals surface area contributed by atoms with Gasteiger partial charge in [0.25, 0.3) is 0 Å². The van der Waals surface area contributed by atoms with Crippen LogP contribution < -0.4 is 5.32 Å². The maximum atomic E-state index is 8.96. The van der Waals surface area contributed by atoms with Gasteiger partial charge < -0.3 is 5.11 Å². The fourth-order valence-corrected chi connectivity index (χ4v) is 0.814. The standard InChI is InChI=1S/C8H16N2O/c1-4-8(3,6-11)10-7(2)5-9/h7,10-11H,4,6H2,1-3H3. The van der Waals surface area contributed by atoms with Gasteiger partial charge in [-0.15, -0.1) is 0 Å². The van der Waals surface area contributed by atoms with E-state index in [0.717, 1.165) is 6.42 Å². The molecule has 0 spiro atoms. The van der Waals surface area contributed by atoms with E-state index in [1.807, 2.05) is 13.8 Å². The largest absolute Gasteiger partial charge is 0.394 e. The molecule has 0 rings (SSSR count). The van der Waals surface area contributed by atoms with Gasteiger partial charge in [-0.05, 0) is 20.3 Å². The van der Waals surface area contributed by atoms with Crippen LogP contribution in [-0.2, 0) is 0 Å². The lowest BCUT2D eigenvalue weighted by Crippen LogP contribution is -2.48. The maximum absolute atomic E-state index is 8.96. The number of nitriles is 1. The fraction of sp³-hybridized carbons (Fsp3) is 0.875. The van der Waals surface area contributed by atoms with E-state index < -0.39 is 0 Å². The second-order valence-corrected chi connectivity index (χ2v) is 3.07. The second kappa shape index (κ2) is 4.32. The van der Waals surface area contributed by atoms with Gasteiger partial charge >= 0.3 is 0 Å². The molecule has 0 aromatic heterocycles. The topological polar surface area (TPSA) is 56.0 Å². The Labute approximate surface area is 68.0 Å². The third-order valence-electron chi connectivity index (χ3n) is 1.89. The summed E-state index contributed by atoms with van der Waals surface area (Å²) in [6.45, 7) is 5.73. The van der Waals surface area contributed by atoms with Gasteiger partial charge in [-0.3, -0.25) is 5.32 Å². The number of hydrogen-bond acceptors (Lipinski definition) is 3. The molecule has 2 atom stereocenters. The van der Waals surface area contributed by atoms with E-state index in [4.69, 9.17) is 10.4 Å². The highest BCUT2D eigenvalue weighted by Gasteiger charge is 2.21. The van der Waals surface area contributed by atoms with Crippen molar-refractivity contribution in [2.24, 2.45) is 0 Å². The molecule has 0 aromatic carbocycles. The molecule has 0 bridgehead atoms. The Morgan fingerprint density at radius 1 is 1.73 bits per heavy atom. The monoisotopic (exact) mass is 156 g/mol. The summed E-state index contributed by atoms with van der Waals surface area (Å²) >= 11 is 0. The third-order valence-corrected chi connectivity index (χ3v) is 1.89. The fourth-order valence-electron chi connectivity index (χ4n) is 0.814. The SMILES string of the molecule is CCC(C)(CO)NC(C)C#N. The van der Waals surface area contributed by atoms with Gasteiger partial charge in [-0.1, -0.05) is 6.92 Å². The minimum Gasteiger partial charge on any atom is -0.394 e. The first kappa shape index (κ1) is 10.4. The van der Waals surface area contributed by atoms with Gasteiger partial charge in [-0.25, -0.2) is 0 Å². The van der Waals surface area contributed by atoms with Crippen molar-refractivity contribution >= 4 is 0 Å². The number of hydrogen-bond donors (Lipinski definition) is 2. The molecule has 0 heterocycles. The molecule has 0 radical (unpaired) electrons. The molecule has 0 aromatic rings. The first-order valence-electron chi connectivity index (χ1n) is 3.86. The average molecular weight is 156 g/mol. The molecule has 3 nitrogen and oxygen atoms in total. The molecule has 3 heteroatoms. The second-order valence-electron chi connectivity index (χ2n) is 3.07. The Bertz CT molecular complexity index is 147. The van der Waals surface area contributed by atoms with Crippen molar-refractivity contribution in [3.63, 3.8) is 0 Å². The number of aliphatic hydroxyl groups is 1. The van der Waals surface area contributed by atoms with Crippen LogP contribution in [-0.4, -0.2) is 23.3 Å². The maximum Gasteiger partial charge on any atom is 0.0929 e. The summed E-state index contributed by atoms with van der Waals surface area (Å²) in [6, 6.07) is 1.87. The lowest BCUT2D eigenvalue weighted by Gasteiger charge is -2.28. The van der Waals surface area contributed by atoms with Crippen molar-refractivity contribution < 1.29 is 5.11 Å². The van der Waals surface area contributed by atoms with Gasteiger partial charge in [0, 0.05) is 5.54 Å². The molecule has 0 saturated carbocycles. The van der Waals surface area contributed by atoms with Crippen LogP contribution >= 0.6 is 0 Å². The number of aliphatic hydroxyl groups excluding tert-OH is 1. The highest BCUT2D eigenvalue weighted by Crippen LogP contribution is 2.08. The summed E-state index contributed by atoms with van der Waals surface area (Å²) in [5.74, 6) is 0. The molecular formula is C8H16N2O. The van der Waals surface area contributed by atoms with Crippen LogP contribution in [0.3, 0.4) is 0 Å². The lowest BCUT2D eigenvalue weighted by atomic mass is 9.99. The van der Waals surface area contributed by atoms with Crippen LogP contribution in [0.25, 0.3) is 0 Å². The zero-order valence-corrected chi connectivity index (χ0v) is 7.39. The normalized spacial score (nSPS) is 18.5. The summed E-state index contributed by atoms with van der Waals surface area (Å²) in [4.78, 5) is 0. The molecule has 0 fully saturated rings. The average Bonchev–Trinajstić information content (AvgIpc) is 2.04. The highest BCUT2D eigenvalue weighted by atomic mass is 16.3. The summed E-state index contributed by atoms with van der Waals surface area (Å²) in [7, 11) is 0. The Hall–Kier alpha value is -0.590. The molecule has 0 saturated heterocycles. The molecule has 0 amide bonds. The van der Waals surface area contributed by atoms with Crippen LogP contribution in [0.1, 0.15) is 27.2 Å². The molecular weight excluding hydrogens is 140 g/mol. The third kappa shape index (κ3) is 3.35. The highest BCUT2D eigenvalue weighted by molar-refractivity contribution is 4.93. The Balaban J connectivity index is 3.99. The summed E-state index contributed by atoms with van der Waals surface area (Å²) in [6.07, 6.45) is 0.815. The predicted molar refractivity (Wildman–Crippen MR) is 44.0 cm³/mol. The molecule has 0 aliphatic heterocycles. The van der Waals surface area contributed by atoms with Gasteiger partial charge in [-0.2, -0.15) is 5.26 Å². The van der Waals surface area contributed by atoms with Gasteiger partial charge in [0.1, 0.15) is 0 Å². The van der Waals surface area contributed by atoms with E-state index in [1.54, 1.807) is 6.92 Å².